The van der Waals surface area contributed by atoms with Crippen molar-refractivity contribution >= 4 is 17.7 Å². The lowest BCUT2D eigenvalue weighted by Crippen LogP contribution is -2.58. The van der Waals surface area contributed by atoms with Gasteiger partial charge in [0.1, 0.15) is 23.9 Å². The maximum Gasteiger partial charge on any atom is 0.246 e. The van der Waals surface area contributed by atoms with E-state index in [0.717, 1.165) is 56.9 Å². The van der Waals surface area contributed by atoms with Gasteiger partial charge in [-0.2, -0.15) is 0 Å². The Bertz CT molecular complexity index is 1180. The molecule has 2 aliphatic carbocycles. The second-order valence-electron chi connectivity index (χ2n) is 11.6. The number of nitrogens with zero attached hydrogens (tertiary/aromatic N) is 1. The molecule has 0 radical (unpaired) electrons. The van der Waals surface area contributed by atoms with Crippen molar-refractivity contribution in [3.05, 3.63) is 65.7 Å². The van der Waals surface area contributed by atoms with Crippen molar-refractivity contribution < 1.29 is 19.1 Å². The van der Waals surface area contributed by atoms with E-state index in [2.05, 4.69) is 22.8 Å². The SMILES string of the molecule is CC(N)C(=O)NC(C(=O)N1CC(Oc2ccccc2)CC1C(=O)NC1CCCc2ccccc21)C1CCCCC1. The third-order valence-corrected chi connectivity index (χ3v) is 8.68. The third kappa shape index (κ3) is 6.49. The van der Waals surface area contributed by atoms with E-state index in [9.17, 15) is 14.4 Å². The van der Waals surface area contributed by atoms with Crippen LogP contribution in [-0.2, 0) is 20.8 Å². The molecule has 1 saturated carbocycles. The number of aryl methyl sites for hydroxylation is 1. The van der Waals surface area contributed by atoms with Gasteiger partial charge in [0.05, 0.1) is 18.6 Å². The number of amides is 3. The fraction of sp³-hybridized carbons (Fsp3) is 0.531. The number of hydrogen-bond donors (Lipinski definition) is 3. The van der Waals surface area contributed by atoms with E-state index in [1.807, 2.05) is 42.5 Å². The Labute approximate surface area is 237 Å². The number of hydrogen-bond acceptors (Lipinski definition) is 5. The Hall–Kier alpha value is -3.39. The highest BCUT2D eigenvalue weighted by molar-refractivity contribution is 5.93. The van der Waals surface area contributed by atoms with Crippen molar-refractivity contribution in [1.82, 2.24) is 15.5 Å². The first-order valence-corrected chi connectivity index (χ1v) is 14.9. The zero-order valence-corrected chi connectivity index (χ0v) is 23.4. The van der Waals surface area contributed by atoms with Crippen molar-refractivity contribution in [2.75, 3.05) is 6.54 Å². The summed E-state index contributed by atoms with van der Waals surface area (Å²) < 4.78 is 6.25. The van der Waals surface area contributed by atoms with E-state index in [-0.39, 0.29) is 42.3 Å². The fourth-order valence-electron chi connectivity index (χ4n) is 6.55. The molecule has 1 aliphatic heterocycles. The first-order valence-electron chi connectivity index (χ1n) is 14.9. The monoisotopic (exact) mass is 546 g/mol. The van der Waals surface area contributed by atoms with E-state index in [4.69, 9.17) is 10.5 Å². The predicted molar refractivity (Wildman–Crippen MR) is 153 cm³/mol. The number of nitrogens with one attached hydrogen (secondary N) is 2. The lowest BCUT2D eigenvalue weighted by molar-refractivity contribution is -0.143. The van der Waals surface area contributed by atoms with Crippen LogP contribution >= 0.6 is 0 Å². The van der Waals surface area contributed by atoms with Crippen molar-refractivity contribution in [2.24, 2.45) is 11.7 Å². The highest BCUT2D eigenvalue weighted by Gasteiger charge is 2.45. The van der Waals surface area contributed by atoms with Gasteiger partial charge in [-0.05, 0) is 68.2 Å². The van der Waals surface area contributed by atoms with Gasteiger partial charge in [-0.1, -0.05) is 61.7 Å². The van der Waals surface area contributed by atoms with E-state index in [1.165, 1.54) is 5.56 Å². The number of likely N-dealkylation sites (tertiary alicyclic amines) is 1. The molecule has 3 amide bonds. The molecule has 1 saturated heterocycles. The van der Waals surface area contributed by atoms with Gasteiger partial charge in [0.15, 0.2) is 0 Å². The number of nitrogens with two attached hydrogens (primary N) is 1. The second-order valence-corrected chi connectivity index (χ2v) is 11.6. The largest absolute Gasteiger partial charge is 0.488 e. The van der Waals surface area contributed by atoms with Crippen LogP contribution in [0.15, 0.2) is 54.6 Å². The van der Waals surface area contributed by atoms with Crippen molar-refractivity contribution in [3.8, 4) is 5.75 Å². The lowest BCUT2D eigenvalue weighted by atomic mass is 9.83. The number of carbonyl (C=O) groups is 3. The van der Waals surface area contributed by atoms with Gasteiger partial charge >= 0.3 is 0 Å². The summed E-state index contributed by atoms with van der Waals surface area (Å²) in [5.41, 5.74) is 8.29. The zero-order valence-electron chi connectivity index (χ0n) is 23.4. The van der Waals surface area contributed by atoms with Crippen molar-refractivity contribution in [3.63, 3.8) is 0 Å². The van der Waals surface area contributed by atoms with E-state index in [0.29, 0.717) is 12.2 Å². The number of para-hydroxylation sites is 1. The average Bonchev–Trinajstić information content (AvgIpc) is 3.40. The van der Waals surface area contributed by atoms with Gasteiger partial charge in [-0.15, -0.1) is 0 Å². The molecule has 1 heterocycles. The molecule has 5 atom stereocenters. The van der Waals surface area contributed by atoms with Gasteiger partial charge in [0.2, 0.25) is 17.7 Å². The fourth-order valence-corrected chi connectivity index (χ4v) is 6.55. The van der Waals surface area contributed by atoms with Gasteiger partial charge in [0, 0.05) is 6.42 Å². The Kier molecular flexibility index (Phi) is 9.04. The van der Waals surface area contributed by atoms with Gasteiger partial charge in [-0.3, -0.25) is 14.4 Å². The summed E-state index contributed by atoms with van der Waals surface area (Å²) in [5.74, 6) is -0.0115. The highest BCUT2D eigenvalue weighted by atomic mass is 16.5. The smallest absolute Gasteiger partial charge is 0.246 e. The third-order valence-electron chi connectivity index (χ3n) is 8.68. The Balaban J connectivity index is 1.39. The molecule has 8 heteroatoms. The maximum absolute atomic E-state index is 14.2. The number of rotatable bonds is 8. The Morgan fingerprint density at radius 1 is 0.950 bits per heavy atom. The molecular formula is C32H42N4O4. The molecule has 2 aromatic carbocycles. The summed E-state index contributed by atoms with van der Waals surface area (Å²) in [6.45, 7) is 1.90. The summed E-state index contributed by atoms with van der Waals surface area (Å²) in [7, 11) is 0. The molecule has 2 aromatic rings. The topological polar surface area (TPSA) is 114 Å². The van der Waals surface area contributed by atoms with E-state index >= 15 is 0 Å². The Morgan fingerprint density at radius 3 is 2.42 bits per heavy atom. The standard InChI is InChI=1S/C32H42N4O4/c1-21(33)30(37)35-29(23-12-4-2-5-13-23)32(39)36-20-25(40-24-15-6-3-7-16-24)19-28(36)31(38)34-27-18-10-14-22-11-8-9-17-26(22)27/h3,6-9,11,15-17,21,23,25,27-29H,2,4-5,10,12-14,18-20,33H2,1H3,(H,34,38)(H,35,37). The first kappa shape index (κ1) is 28.1. The van der Waals surface area contributed by atoms with Crippen LogP contribution in [0.4, 0.5) is 0 Å². The number of benzene rings is 2. The minimum atomic E-state index is -0.725. The maximum atomic E-state index is 14.2. The van der Waals surface area contributed by atoms with Crippen LogP contribution in [0.5, 0.6) is 5.75 Å². The molecule has 4 N–H and O–H groups in total. The van der Waals surface area contributed by atoms with Gasteiger partial charge in [-0.25, -0.2) is 0 Å². The number of fused-ring (bicyclic) bond motifs is 1. The first-order chi connectivity index (χ1) is 19.4. The van der Waals surface area contributed by atoms with E-state index < -0.39 is 18.1 Å². The quantitative estimate of drug-likeness (QED) is 0.468. The van der Waals surface area contributed by atoms with Crippen molar-refractivity contribution in [2.45, 2.75) is 95.0 Å². The summed E-state index contributed by atoms with van der Waals surface area (Å²) in [5, 5.41) is 6.22. The average molecular weight is 547 g/mol. The van der Waals surface area contributed by atoms with Crippen molar-refractivity contribution in [1.29, 1.82) is 0 Å². The molecule has 40 heavy (non-hydrogen) atoms. The normalized spacial score (nSPS) is 24.4. The van der Waals surface area contributed by atoms with Crippen LogP contribution in [0.3, 0.4) is 0 Å². The molecule has 8 nitrogen and oxygen atoms in total. The molecular weight excluding hydrogens is 504 g/mol. The Morgan fingerprint density at radius 2 is 1.68 bits per heavy atom. The van der Waals surface area contributed by atoms with Crippen LogP contribution in [0.25, 0.3) is 0 Å². The molecule has 5 rings (SSSR count). The minimum absolute atomic E-state index is 0.0203. The van der Waals surface area contributed by atoms with Crippen LogP contribution in [0.1, 0.15) is 75.5 Å². The molecule has 0 spiro atoms. The second kappa shape index (κ2) is 12.9. The summed E-state index contributed by atoms with van der Waals surface area (Å²) in [4.78, 5) is 42.5. The minimum Gasteiger partial charge on any atom is -0.488 e. The molecule has 0 bridgehead atoms. The zero-order chi connectivity index (χ0) is 28.1. The molecule has 5 unspecified atom stereocenters. The molecule has 0 aromatic heterocycles. The summed E-state index contributed by atoms with van der Waals surface area (Å²) in [6, 6.07) is 15.5. The predicted octanol–water partition coefficient (Wildman–Crippen LogP) is 3.64. The molecule has 2 fully saturated rings. The summed E-state index contributed by atoms with van der Waals surface area (Å²) in [6.07, 6.45) is 7.82. The van der Waals surface area contributed by atoms with E-state index in [1.54, 1.807) is 11.8 Å². The molecule has 214 valence electrons. The lowest BCUT2D eigenvalue weighted by Gasteiger charge is -2.35. The molecule has 3 aliphatic rings. The van der Waals surface area contributed by atoms with Crippen LogP contribution in [-0.4, -0.2) is 53.4 Å². The number of ether oxygens (including phenoxy) is 1. The van der Waals surface area contributed by atoms with Gasteiger partial charge in [0.25, 0.3) is 0 Å². The highest BCUT2D eigenvalue weighted by Crippen LogP contribution is 2.33. The van der Waals surface area contributed by atoms with Gasteiger partial charge < -0.3 is 26.0 Å². The number of carbonyl (C=O) groups excluding carboxylic acids is 3. The van der Waals surface area contributed by atoms with Crippen LogP contribution < -0.4 is 21.1 Å². The van der Waals surface area contributed by atoms with Crippen LogP contribution in [0, 0.1) is 5.92 Å². The summed E-state index contributed by atoms with van der Waals surface area (Å²) >= 11 is 0. The van der Waals surface area contributed by atoms with Crippen LogP contribution in [0.2, 0.25) is 0 Å².